The van der Waals surface area contributed by atoms with Gasteiger partial charge < -0.3 is 10.6 Å². The van der Waals surface area contributed by atoms with Crippen molar-refractivity contribution in [1.82, 2.24) is 10.6 Å². The fourth-order valence-electron chi connectivity index (χ4n) is 2.72. The van der Waals surface area contributed by atoms with E-state index in [9.17, 15) is 9.18 Å². The van der Waals surface area contributed by atoms with Crippen molar-refractivity contribution in [3.8, 4) is 0 Å². The van der Waals surface area contributed by atoms with Crippen molar-refractivity contribution in [3.05, 3.63) is 35.6 Å². The molecule has 0 saturated carbocycles. The van der Waals surface area contributed by atoms with Crippen molar-refractivity contribution in [3.63, 3.8) is 0 Å². The number of rotatable bonds is 6. The van der Waals surface area contributed by atoms with Crippen LogP contribution in [0.2, 0.25) is 0 Å². The first kappa shape index (κ1) is 16.0. The van der Waals surface area contributed by atoms with E-state index in [1.807, 2.05) is 19.9 Å². The molecule has 0 aromatic heterocycles. The molecule has 1 aliphatic rings. The molecule has 1 aromatic carbocycles. The molecule has 1 aliphatic heterocycles. The average molecular weight is 292 g/mol. The highest BCUT2D eigenvalue weighted by Crippen LogP contribution is 2.23. The molecule has 3 nitrogen and oxygen atoms in total. The molecule has 0 aliphatic carbocycles. The summed E-state index contributed by atoms with van der Waals surface area (Å²) in [6.45, 7) is 6.66. The zero-order valence-electron chi connectivity index (χ0n) is 12.9. The molecule has 0 spiro atoms. The fourth-order valence-corrected chi connectivity index (χ4v) is 2.72. The Hall–Kier alpha value is -1.42. The number of amides is 1. The first-order chi connectivity index (χ1) is 9.97. The van der Waals surface area contributed by atoms with E-state index in [0.29, 0.717) is 18.9 Å². The molecule has 1 saturated heterocycles. The molecule has 4 heteroatoms. The van der Waals surface area contributed by atoms with E-state index < -0.39 is 0 Å². The Labute approximate surface area is 126 Å². The standard InChI is InChI=1S/C17H25FN2O/c1-17(2,14-4-3-5-15(18)10-14)12-20-16(21)7-6-13-8-9-19-11-13/h3-5,10,13,19H,6-9,11-12H2,1-2H3,(H,20,21). The highest BCUT2D eigenvalue weighted by atomic mass is 19.1. The van der Waals surface area contributed by atoms with Gasteiger partial charge in [-0.1, -0.05) is 26.0 Å². The van der Waals surface area contributed by atoms with E-state index >= 15 is 0 Å². The lowest BCUT2D eigenvalue weighted by Crippen LogP contribution is -2.36. The van der Waals surface area contributed by atoms with Crippen LogP contribution in [0.15, 0.2) is 24.3 Å². The lowest BCUT2D eigenvalue weighted by molar-refractivity contribution is -0.121. The van der Waals surface area contributed by atoms with E-state index in [-0.39, 0.29) is 17.1 Å². The third-order valence-corrected chi connectivity index (χ3v) is 4.28. The van der Waals surface area contributed by atoms with Gasteiger partial charge in [0.05, 0.1) is 0 Å². The van der Waals surface area contributed by atoms with E-state index in [1.165, 1.54) is 18.6 Å². The molecule has 1 unspecified atom stereocenters. The SMILES string of the molecule is CC(C)(CNC(=O)CCC1CCNC1)c1cccc(F)c1. The van der Waals surface area contributed by atoms with Crippen LogP contribution in [-0.2, 0) is 10.2 Å². The molecule has 2 N–H and O–H groups in total. The van der Waals surface area contributed by atoms with Gasteiger partial charge in [-0.3, -0.25) is 4.79 Å². The summed E-state index contributed by atoms with van der Waals surface area (Å²) in [5.41, 5.74) is 0.634. The molecule has 0 bridgehead atoms. The Morgan fingerprint density at radius 1 is 1.48 bits per heavy atom. The molecular formula is C17H25FN2O. The minimum absolute atomic E-state index is 0.0892. The zero-order valence-corrected chi connectivity index (χ0v) is 12.9. The lowest BCUT2D eigenvalue weighted by atomic mass is 9.84. The van der Waals surface area contributed by atoms with Crippen LogP contribution in [-0.4, -0.2) is 25.5 Å². The number of benzene rings is 1. The molecule has 1 aromatic rings. The molecule has 21 heavy (non-hydrogen) atoms. The van der Waals surface area contributed by atoms with Gasteiger partial charge in [0.25, 0.3) is 0 Å². The van der Waals surface area contributed by atoms with Gasteiger partial charge in [0, 0.05) is 18.4 Å². The van der Waals surface area contributed by atoms with Crippen molar-refractivity contribution in [2.75, 3.05) is 19.6 Å². The second-order valence-corrected chi connectivity index (χ2v) is 6.57. The second-order valence-electron chi connectivity index (χ2n) is 6.57. The third kappa shape index (κ3) is 4.81. The van der Waals surface area contributed by atoms with Crippen LogP contribution >= 0.6 is 0 Å². The highest BCUT2D eigenvalue weighted by Gasteiger charge is 2.22. The number of halogens is 1. The first-order valence-corrected chi connectivity index (χ1v) is 7.71. The summed E-state index contributed by atoms with van der Waals surface area (Å²) >= 11 is 0. The average Bonchev–Trinajstić information content (AvgIpc) is 2.96. The Balaban J connectivity index is 1.79. The summed E-state index contributed by atoms with van der Waals surface area (Å²) in [4.78, 5) is 11.9. The molecule has 1 fully saturated rings. The zero-order chi connectivity index (χ0) is 15.3. The molecule has 0 radical (unpaired) electrons. The Kier molecular flexibility index (Phi) is 5.34. The fraction of sp³-hybridized carbons (Fsp3) is 0.588. The van der Waals surface area contributed by atoms with E-state index in [0.717, 1.165) is 25.1 Å². The van der Waals surface area contributed by atoms with Crippen molar-refractivity contribution < 1.29 is 9.18 Å². The van der Waals surface area contributed by atoms with E-state index in [2.05, 4.69) is 10.6 Å². The number of hydrogen-bond donors (Lipinski definition) is 2. The molecular weight excluding hydrogens is 267 g/mol. The van der Waals surface area contributed by atoms with Crippen LogP contribution in [0.3, 0.4) is 0 Å². The summed E-state index contributed by atoms with van der Waals surface area (Å²) in [6, 6.07) is 6.59. The van der Waals surface area contributed by atoms with Crippen LogP contribution in [0, 0.1) is 11.7 Å². The van der Waals surface area contributed by atoms with Crippen molar-refractivity contribution in [1.29, 1.82) is 0 Å². The first-order valence-electron chi connectivity index (χ1n) is 7.71. The normalized spacial score (nSPS) is 18.7. The van der Waals surface area contributed by atoms with E-state index in [1.54, 1.807) is 6.07 Å². The van der Waals surface area contributed by atoms with Crippen molar-refractivity contribution in [2.45, 2.75) is 38.5 Å². The van der Waals surface area contributed by atoms with Gasteiger partial charge in [-0.25, -0.2) is 4.39 Å². The van der Waals surface area contributed by atoms with Crippen LogP contribution in [0.5, 0.6) is 0 Å². The monoisotopic (exact) mass is 292 g/mol. The molecule has 1 heterocycles. The topological polar surface area (TPSA) is 41.1 Å². The van der Waals surface area contributed by atoms with Gasteiger partial charge in [-0.05, 0) is 49.5 Å². The van der Waals surface area contributed by atoms with Gasteiger partial charge in [0.1, 0.15) is 5.82 Å². The maximum absolute atomic E-state index is 13.3. The lowest BCUT2D eigenvalue weighted by Gasteiger charge is -2.26. The van der Waals surface area contributed by atoms with Gasteiger partial charge >= 0.3 is 0 Å². The third-order valence-electron chi connectivity index (χ3n) is 4.28. The Morgan fingerprint density at radius 3 is 2.95 bits per heavy atom. The minimum Gasteiger partial charge on any atom is -0.355 e. The summed E-state index contributed by atoms with van der Waals surface area (Å²) in [5, 5.41) is 6.29. The second kappa shape index (κ2) is 7.03. The predicted octanol–water partition coefficient (Wildman–Crippen LogP) is 2.61. The highest BCUT2D eigenvalue weighted by molar-refractivity contribution is 5.76. The van der Waals surface area contributed by atoms with Crippen molar-refractivity contribution >= 4 is 5.91 Å². The van der Waals surface area contributed by atoms with Crippen molar-refractivity contribution in [2.24, 2.45) is 5.92 Å². The maximum Gasteiger partial charge on any atom is 0.220 e. The molecule has 2 rings (SSSR count). The number of carbonyl (C=O) groups excluding carboxylic acids is 1. The number of hydrogen-bond acceptors (Lipinski definition) is 2. The molecule has 116 valence electrons. The van der Waals surface area contributed by atoms with Crippen LogP contribution in [0.25, 0.3) is 0 Å². The molecule has 1 atom stereocenters. The van der Waals surface area contributed by atoms with Gasteiger partial charge in [-0.2, -0.15) is 0 Å². The van der Waals surface area contributed by atoms with Gasteiger partial charge in [0.15, 0.2) is 0 Å². The van der Waals surface area contributed by atoms with Crippen LogP contribution in [0.1, 0.15) is 38.7 Å². The largest absolute Gasteiger partial charge is 0.355 e. The Bertz CT molecular complexity index is 481. The predicted molar refractivity (Wildman–Crippen MR) is 82.6 cm³/mol. The quantitative estimate of drug-likeness (QED) is 0.846. The summed E-state index contributed by atoms with van der Waals surface area (Å²) in [7, 11) is 0. The summed E-state index contributed by atoms with van der Waals surface area (Å²) in [6.07, 6.45) is 2.69. The summed E-state index contributed by atoms with van der Waals surface area (Å²) < 4.78 is 13.3. The summed E-state index contributed by atoms with van der Waals surface area (Å²) in [5.74, 6) is 0.485. The minimum atomic E-state index is -0.271. The number of carbonyl (C=O) groups is 1. The molecule has 1 amide bonds. The Morgan fingerprint density at radius 2 is 2.29 bits per heavy atom. The number of nitrogens with one attached hydrogen (secondary N) is 2. The maximum atomic E-state index is 13.3. The van der Waals surface area contributed by atoms with Gasteiger partial charge in [-0.15, -0.1) is 0 Å². The smallest absolute Gasteiger partial charge is 0.220 e. The van der Waals surface area contributed by atoms with Gasteiger partial charge in [0.2, 0.25) is 5.91 Å². The van der Waals surface area contributed by atoms with Crippen LogP contribution < -0.4 is 10.6 Å². The van der Waals surface area contributed by atoms with Crippen LogP contribution in [0.4, 0.5) is 4.39 Å². The van der Waals surface area contributed by atoms with E-state index in [4.69, 9.17) is 0 Å².